The zero-order valence-electron chi connectivity index (χ0n) is 14.2. The molecule has 124 valence electrons. The molecule has 0 atom stereocenters. The second-order valence-corrected chi connectivity index (χ2v) is 6.34. The van der Waals surface area contributed by atoms with E-state index in [1.807, 2.05) is 54.1 Å². The monoisotopic (exact) mass is 330 g/mol. The SMILES string of the molecule is Cc1ccc2c(c1)c(-c1ccnc3ccccc13)c(C)n2CC(=O)O. The van der Waals surface area contributed by atoms with Gasteiger partial charge in [-0.1, -0.05) is 29.8 Å². The van der Waals surface area contributed by atoms with E-state index in [2.05, 4.69) is 24.0 Å². The maximum Gasteiger partial charge on any atom is 0.323 e. The van der Waals surface area contributed by atoms with Crippen molar-refractivity contribution in [3.05, 3.63) is 66.0 Å². The molecule has 0 aliphatic rings. The number of carboxylic acids is 1. The van der Waals surface area contributed by atoms with Gasteiger partial charge in [0.05, 0.1) is 5.52 Å². The van der Waals surface area contributed by atoms with Gasteiger partial charge in [-0.15, -0.1) is 0 Å². The molecule has 2 aromatic carbocycles. The number of hydrogen-bond acceptors (Lipinski definition) is 2. The van der Waals surface area contributed by atoms with Crippen LogP contribution in [0.5, 0.6) is 0 Å². The largest absolute Gasteiger partial charge is 0.480 e. The molecule has 0 saturated heterocycles. The normalized spacial score (nSPS) is 11.3. The van der Waals surface area contributed by atoms with Crippen molar-refractivity contribution in [1.82, 2.24) is 9.55 Å². The van der Waals surface area contributed by atoms with Crippen LogP contribution in [-0.2, 0) is 11.3 Å². The number of rotatable bonds is 3. The number of aliphatic carboxylic acids is 1. The highest BCUT2D eigenvalue weighted by Gasteiger charge is 2.18. The molecule has 4 aromatic rings. The summed E-state index contributed by atoms with van der Waals surface area (Å²) >= 11 is 0. The smallest absolute Gasteiger partial charge is 0.323 e. The zero-order chi connectivity index (χ0) is 17.6. The summed E-state index contributed by atoms with van der Waals surface area (Å²) in [5.74, 6) is -0.841. The highest BCUT2D eigenvalue weighted by Crippen LogP contribution is 2.38. The molecule has 0 bridgehead atoms. The summed E-state index contributed by atoms with van der Waals surface area (Å²) in [6.45, 7) is 4.00. The Morgan fingerprint density at radius 1 is 1.08 bits per heavy atom. The third-order valence-electron chi connectivity index (χ3n) is 4.69. The third kappa shape index (κ3) is 2.47. The van der Waals surface area contributed by atoms with E-state index in [1.54, 1.807) is 0 Å². The Labute approximate surface area is 145 Å². The number of carboxylic acid groups (broad SMARTS) is 1. The summed E-state index contributed by atoms with van der Waals surface area (Å²) in [6, 6.07) is 16.2. The highest BCUT2D eigenvalue weighted by molar-refractivity contribution is 6.06. The Hall–Kier alpha value is -3.14. The van der Waals surface area contributed by atoms with Gasteiger partial charge in [-0.25, -0.2) is 0 Å². The molecule has 0 aliphatic heterocycles. The van der Waals surface area contributed by atoms with Gasteiger partial charge in [-0.3, -0.25) is 9.78 Å². The Balaban J connectivity index is 2.12. The van der Waals surface area contributed by atoms with Crippen LogP contribution in [-0.4, -0.2) is 20.6 Å². The summed E-state index contributed by atoms with van der Waals surface area (Å²) in [4.78, 5) is 15.8. The number of para-hydroxylation sites is 1. The van der Waals surface area contributed by atoms with Gasteiger partial charge in [-0.05, 0) is 43.7 Å². The molecule has 25 heavy (non-hydrogen) atoms. The van der Waals surface area contributed by atoms with Gasteiger partial charge < -0.3 is 9.67 Å². The van der Waals surface area contributed by atoms with Crippen molar-refractivity contribution < 1.29 is 9.90 Å². The van der Waals surface area contributed by atoms with Crippen LogP contribution < -0.4 is 0 Å². The number of carbonyl (C=O) groups is 1. The van der Waals surface area contributed by atoms with E-state index in [-0.39, 0.29) is 6.54 Å². The van der Waals surface area contributed by atoms with Crippen LogP contribution in [0.25, 0.3) is 32.9 Å². The van der Waals surface area contributed by atoms with Crippen molar-refractivity contribution in [3.8, 4) is 11.1 Å². The highest BCUT2D eigenvalue weighted by atomic mass is 16.4. The van der Waals surface area contributed by atoms with E-state index in [0.717, 1.165) is 44.2 Å². The minimum atomic E-state index is -0.841. The first-order valence-corrected chi connectivity index (χ1v) is 8.21. The summed E-state index contributed by atoms with van der Waals surface area (Å²) in [5, 5.41) is 11.5. The molecule has 0 saturated carbocycles. The van der Waals surface area contributed by atoms with Crippen molar-refractivity contribution in [2.45, 2.75) is 20.4 Å². The standard InChI is InChI=1S/C21H18N2O2/c1-13-7-8-19-17(11-13)21(14(2)23(19)12-20(24)25)16-9-10-22-18-6-4-3-5-15(16)18/h3-11H,12H2,1-2H3,(H,24,25). The molecule has 0 radical (unpaired) electrons. The van der Waals surface area contributed by atoms with Crippen molar-refractivity contribution in [3.63, 3.8) is 0 Å². The van der Waals surface area contributed by atoms with Crippen molar-refractivity contribution >= 4 is 27.8 Å². The lowest BCUT2D eigenvalue weighted by molar-refractivity contribution is -0.137. The van der Waals surface area contributed by atoms with E-state index in [9.17, 15) is 9.90 Å². The molecular weight excluding hydrogens is 312 g/mol. The number of aryl methyl sites for hydroxylation is 1. The van der Waals surface area contributed by atoms with Crippen LogP contribution in [0.2, 0.25) is 0 Å². The fourth-order valence-electron chi connectivity index (χ4n) is 3.59. The lowest BCUT2D eigenvalue weighted by atomic mass is 9.98. The number of aromatic nitrogens is 2. The minimum Gasteiger partial charge on any atom is -0.480 e. The number of pyridine rings is 1. The van der Waals surface area contributed by atoms with Crippen LogP contribution in [0.15, 0.2) is 54.7 Å². The molecule has 0 amide bonds. The molecule has 0 unspecified atom stereocenters. The molecule has 0 fully saturated rings. The molecule has 4 heteroatoms. The number of hydrogen-bond donors (Lipinski definition) is 1. The molecule has 4 nitrogen and oxygen atoms in total. The summed E-state index contributed by atoms with van der Waals surface area (Å²) < 4.78 is 1.88. The van der Waals surface area contributed by atoms with Gasteiger partial charge in [-0.2, -0.15) is 0 Å². The molecule has 0 aliphatic carbocycles. The van der Waals surface area contributed by atoms with Crippen molar-refractivity contribution in [2.24, 2.45) is 0 Å². The van der Waals surface area contributed by atoms with E-state index in [1.165, 1.54) is 0 Å². The minimum absolute atomic E-state index is 0.0472. The molecule has 1 N–H and O–H groups in total. The topological polar surface area (TPSA) is 55.1 Å². The predicted molar refractivity (Wildman–Crippen MR) is 99.8 cm³/mol. The first kappa shape index (κ1) is 15.4. The van der Waals surface area contributed by atoms with Crippen LogP contribution in [0.4, 0.5) is 0 Å². The Bertz CT molecular complexity index is 1120. The molecule has 2 aromatic heterocycles. The van der Waals surface area contributed by atoms with E-state index >= 15 is 0 Å². The number of fused-ring (bicyclic) bond motifs is 2. The van der Waals surface area contributed by atoms with Gasteiger partial charge in [0.25, 0.3) is 0 Å². The first-order chi connectivity index (χ1) is 12.1. The first-order valence-electron chi connectivity index (χ1n) is 8.21. The van der Waals surface area contributed by atoms with E-state index in [0.29, 0.717) is 0 Å². The van der Waals surface area contributed by atoms with E-state index in [4.69, 9.17) is 0 Å². The molecule has 0 spiro atoms. The quantitative estimate of drug-likeness (QED) is 0.599. The second-order valence-electron chi connectivity index (χ2n) is 6.34. The van der Waals surface area contributed by atoms with Gasteiger partial charge in [0.2, 0.25) is 0 Å². The average molecular weight is 330 g/mol. The number of nitrogens with zero attached hydrogens (tertiary/aromatic N) is 2. The van der Waals surface area contributed by atoms with Gasteiger partial charge in [0.1, 0.15) is 6.54 Å². The fourth-order valence-corrected chi connectivity index (χ4v) is 3.59. The lowest BCUT2D eigenvalue weighted by Gasteiger charge is -2.08. The average Bonchev–Trinajstić information content (AvgIpc) is 2.85. The van der Waals surface area contributed by atoms with Crippen LogP contribution in [0.1, 0.15) is 11.3 Å². The van der Waals surface area contributed by atoms with Gasteiger partial charge in [0.15, 0.2) is 0 Å². The molecular formula is C21H18N2O2. The Morgan fingerprint density at radius 3 is 2.68 bits per heavy atom. The summed E-state index contributed by atoms with van der Waals surface area (Å²) in [7, 11) is 0. The third-order valence-corrected chi connectivity index (χ3v) is 4.69. The van der Waals surface area contributed by atoms with Crippen LogP contribution >= 0.6 is 0 Å². The zero-order valence-corrected chi connectivity index (χ0v) is 14.2. The summed E-state index contributed by atoms with van der Waals surface area (Å²) in [5.41, 5.74) is 6.16. The Morgan fingerprint density at radius 2 is 1.88 bits per heavy atom. The Kier molecular flexibility index (Phi) is 3.53. The lowest BCUT2D eigenvalue weighted by Crippen LogP contribution is -2.09. The second kappa shape index (κ2) is 5.74. The molecule has 4 rings (SSSR count). The maximum atomic E-state index is 11.4. The predicted octanol–water partition coefficient (Wildman–Crippen LogP) is 4.56. The summed E-state index contributed by atoms with van der Waals surface area (Å²) in [6.07, 6.45) is 1.81. The van der Waals surface area contributed by atoms with Gasteiger partial charge >= 0.3 is 5.97 Å². The molecule has 2 heterocycles. The van der Waals surface area contributed by atoms with Crippen molar-refractivity contribution in [2.75, 3.05) is 0 Å². The van der Waals surface area contributed by atoms with Crippen molar-refractivity contribution in [1.29, 1.82) is 0 Å². The number of benzene rings is 2. The fraction of sp³-hybridized carbons (Fsp3) is 0.143. The maximum absolute atomic E-state index is 11.4. The van der Waals surface area contributed by atoms with E-state index < -0.39 is 5.97 Å². The van der Waals surface area contributed by atoms with Crippen LogP contribution in [0, 0.1) is 13.8 Å². The van der Waals surface area contributed by atoms with Gasteiger partial charge in [0, 0.05) is 33.7 Å². The van der Waals surface area contributed by atoms with Crippen LogP contribution in [0.3, 0.4) is 0 Å².